The normalized spacial score (nSPS) is 11.9. The number of aliphatic hydroxyl groups is 1. The van der Waals surface area contributed by atoms with Crippen molar-refractivity contribution in [3.8, 4) is 0 Å². The number of carbonyl (C=O) groups is 2. The highest BCUT2D eigenvalue weighted by molar-refractivity contribution is 5.88. The molecule has 15 heavy (non-hydrogen) atoms. The van der Waals surface area contributed by atoms with Crippen molar-refractivity contribution < 1.29 is 19.4 Å². The Morgan fingerprint density at radius 3 is 2.47 bits per heavy atom. The third-order valence-electron chi connectivity index (χ3n) is 1.84. The van der Waals surface area contributed by atoms with Crippen LogP contribution in [0.3, 0.4) is 0 Å². The van der Waals surface area contributed by atoms with Gasteiger partial charge in [-0.05, 0) is 5.56 Å². The number of hydrogen-bond acceptors (Lipinski definition) is 4. The van der Waals surface area contributed by atoms with E-state index in [0.717, 1.165) is 0 Å². The molecule has 0 saturated heterocycles. The molecule has 0 fully saturated rings. The van der Waals surface area contributed by atoms with Gasteiger partial charge in [0.15, 0.2) is 6.10 Å². The smallest absolute Gasteiger partial charge is 0.347 e. The molecule has 0 aliphatic carbocycles. The highest BCUT2D eigenvalue weighted by Crippen LogP contribution is 2.13. The standard InChI is InChI=1S/C11H12O4/c1-2-9(12)15-11(14)10(13)8-6-4-3-5-7-8/h3-7,10,13H,2H2,1H3. The van der Waals surface area contributed by atoms with Gasteiger partial charge in [-0.3, -0.25) is 4.79 Å². The number of hydrogen-bond donors (Lipinski definition) is 1. The fourth-order valence-electron chi connectivity index (χ4n) is 1.01. The topological polar surface area (TPSA) is 63.6 Å². The molecule has 1 N–H and O–H groups in total. The summed E-state index contributed by atoms with van der Waals surface area (Å²) >= 11 is 0. The van der Waals surface area contributed by atoms with Gasteiger partial charge in [0.2, 0.25) is 0 Å². The second-order valence-electron chi connectivity index (χ2n) is 2.96. The molecule has 0 aliphatic rings. The van der Waals surface area contributed by atoms with Crippen LogP contribution in [0.2, 0.25) is 0 Å². The van der Waals surface area contributed by atoms with Crippen LogP contribution in [0.1, 0.15) is 25.0 Å². The first-order chi connectivity index (χ1) is 7.15. The van der Waals surface area contributed by atoms with Crippen LogP contribution < -0.4 is 0 Å². The van der Waals surface area contributed by atoms with Crippen molar-refractivity contribution in [2.45, 2.75) is 19.4 Å². The Kier molecular flexibility index (Phi) is 4.00. The summed E-state index contributed by atoms with van der Waals surface area (Å²) in [6, 6.07) is 8.31. The van der Waals surface area contributed by atoms with Crippen molar-refractivity contribution in [2.24, 2.45) is 0 Å². The Morgan fingerprint density at radius 1 is 1.33 bits per heavy atom. The number of rotatable bonds is 3. The molecule has 0 amide bonds. The maximum Gasteiger partial charge on any atom is 0.347 e. The van der Waals surface area contributed by atoms with Gasteiger partial charge >= 0.3 is 11.9 Å². The van der Waals surface area contributed by atoms with Crippen LogP contribution >= 0.6 is 0 Å². The van der Waals surface area contributed by atoms with Crippen LogP contribution in [0.25, 0.3) is 0 Å². The Labute approximate surface area is 87.5 Å². The maximum atomic E-state index is 11.2. The summed E-state index contributed by atoms with van der Waals surface area (Å²) < 4.78 is 4.39. The summed E-state index contributed by atoms with van der Waals surface area (Å²) in [7, 11) is 0. The molecule has 4 nitrogen and oxygen atoms in total. The summed E-state index contributed by atoms with van der Waals surface area (Å²) in [5.41, 5.74) is 0.409. The van der Waals surface area contributed by atoms with Crippen molar-refractivity contribution >= 4 is 11.9 Å². The Hall–Kier alpha value is -1.68. The molecule has 1 aromatic carbocycles. The third-order valence-corrected chi connectivity index (χ3v) is 1.84. The fraction of sp³-hybridized carbons (Fsp3) is 0.273. The fourth-order valence-corrected chi connectivity index (χ4v) is 1.01. The molecule has 0 spiro atoms. The second kappa shape index (κ2) is 5.26. The number of aliphatic hydroxyl groups excluding tert-OH is 1. The van der Waals surface area contributed by atoms with Gasteiger partial charge in [-0.15, -0.1) is 0 Å². The molecule has 0 bridgehead atoms. The zero-order valence-electron chi connectivity index (χ0n) is 8.34. The van der Waals surface area contributed by atoms with Crippen molar-refractivity contribution in [1.29, 1.82) is 0 Å². The van der Waals surface area contributed by atoms with Gasteiger partial charge in [0.25, 0.3) is 0 Å². The van der Waals surface area contributed by atoms with Gasteiger partial charge in [0.1, 0.15) is 0 Å². The Bertz CT molecular complexity index is 345. The molecule has 1 rings (SSSR count). The van der Waals surface area contributed by atoms with Crippen molar-refractivity contribution in [3.05, 3.63) is 35.9 Å². The molecule has 0 heterocycles. The molecule has 80 valence electrons. The largest absolute Gasteiger partial charge is 0.391 e. The van der Waals surface area contributed by atoms with E-state index in [1.54, 1.807) is 37.3 Å². The lowest BCUT2D eigenvalue weighted by atomic mass is 10.1. The van der Waals surface area contributed by atoms with E-state index in [-0.39, 0.29) is 6.42 Å². The minimum absolute atomic E-state index is 0.104. The van der Waals surface area contributed by atoms with E-state index in [1.165, 1.54) is 0 Å². The zero-order valence-corrected chi connectivity index (χ0v) is 8.34. The molecule has 0 radical (unpaired) electrons. The Morgan fingerprint density at radius 2 is 1.93 bits per heavy atom. The molecular weight excluding hydrogens is 196 g/mol. The lowest BCUT2D eigenvalue weighted by Crippen LogP contribution is -2.19. The zero-order chi connectivity index (χ0) is 11.3. The summed E-state index contributed by atoms with van der Waals surface area (Å²) in [5, 5.41) is 9.51. The lowest BCUT2D eigenvalue weighted by Gasteiger charge is -2.08. The van der Waals surface area contributed by atoms with E-state index in [1.807, 2.05) is 0 Å². The van der Waals surface area contributed by atoms with E-state index in [0.29, 0.717) is 5.56 Å². The predicted octanol–water partition coefficient (Wildman–Crippen LogP) is 1.20. The lowest BCUT2D eigenvalue weighted by molar-refractivity contribution is -0.166. The molecule has 0 saturated carbocycles. The van der Waals surface area contributed by atoms with Crippen LogP contribution in [0.15, 0.2) is 30.3 Å². The SMILES string of the molecule is CCC(=O)OC(=O)C(O)c1ccccc1. The van der Waals surface area contributed by atoms with Gasteiger partial charge in [-0.25, -0.2) is 4.79 Å². The average Bonchev–Trinajstić information content (AvgIpc) is 2.29. The van der Waals surface area contributed by atoms with Gasteiger partial charge < -0.3 is 9.84 Å². The van der Waals surface area contributed by atoms with Gasteiger partial charge in [-0.1, -0.05) is 37.3 Å². The minimum atomic E-state index is -1.40. The number of benzene rings is 1. The molecule has 1 aromatic rings. The Balaban J connectivity index is 2.65. The van der Waals surface area contributed by atoms with Crippen LogP contribution in [0, 0.1) is 0 Å². The van der Waals surface area contributed by atoms with E-state index in [4.69, 9.17) is 0 Å². The molecule has 0 aromatic heterocycles. The monoisotopic (exact) mass is 208 g/mol. The predicted molar refractivity (Wildman–Crippen MR) is 52.8 cm³/mol. The highest BCUT2D eigenvalue weighted by Gasteiger charge is 2.20. The van der Waals surface area contributed by atoms with Gasteiger partial charge in [0, 0.05) is 6.42 Å². The first-order valence-corrected chi connectivity index (χ1v) is 4.62. The molecule has 1 unspecified atom stereocenters. The van der Waals surface area contributed by atoms with E-state index in [9.17, 15) is 14.7 Å². The minimum Gasteiger partial charge on any atom is -0.391 e. The number of ether oxygens (including phenoxy) is 1. The van der Waals surface area contributed by atoms with Crippen molar-refractivity contribution in [1.82, 2.24) is 0 Å². The first-order valence-electron chi connectivity index (χ1n) is 4.62. The van der Waals surface area contributed by atoms with Crippen LogP contribution in [0.4, 0.5) is 0 Å². The van der Waals surface area contributed by atoms with E-state index >= 15 is 0 Å². The third kappa shape index (κ3) is 3.18. The van der Waals surface area contributed by atoms with Crippen LogP contribution in [-0.4, -0.2) is 17.0 Å². The first kappa shape index (κ1) is 11.4. The summed E-state index contributed by atoms with van der Waals surface area (Å²) in [4.78, 5) is 22.0. The molecule has 4 heteroatoms. The van der Waals surface area contributed by atoms with Crippen molar-refractivity contribution in [3.63, 3.8) is 0 Å². The van der Waals surface area contributed by atoms with Gasteiger partial charge in [0.05, 0.1) is 0 Å². The van der Waals surface area contributed by atoms with Gasteiger partial charge in [-0.2, -0.15) is 0 Å². The summed E-state index contributed by atoms with van der Waals surface area (Å²) in [5.74, 6) is -1.58. The number of esters is 2. The summed E-state index contributed by atoms with van der Waals surface area (Å²) in [6.45, 7) is 1.57. The van der Waals surface area contributed by atoms with Crippen LogP contribution in [0.5, 0.6) is 0 Å². The highest BCUT2D eigenvalue weighted by atomic mass is 16.6. The van der Waals surface area contributed by atoms with Crippen LogP contribution in [-0.2, 0) is 14.3 Å². The number of carbonyl (C=O) groups excluding carboxylic acids is 2. The van der Waals surface area contributed by atoms with E-state index < -0.39 is 18.0 Å². The summed E-state index contributed by atoms with van der Waals surface area (Å²) in [6.07, 6.45) is -1.30. The van der Waals surface area contributed by atoms with E-state index in [2.05, 4.69) is 4.74 Å². The second-order valence-corrected chi connectivity index (χ2v) is 2.96. The van der Waals surface area contributed by atoms with Crippen molar-refractivity contribution in [2.75, 3.05) is 0 Å². The molecular formula is C11H12O4. The maximum absolute atomic E-state index is 11.2. The molecule has 1 atom stereocenters. The quantitative estimate of drug-likeness (QED) is 0.598. The average molecular weight is 208 g/mol. The molecule has 0 aliphatic heterocycles.